The molecule has 0 spiro atoms. The number of hydrazine groups is 1. The molecule has 0 bridgehead atoms. The number of benzene rings is 3. The molecule has 1 aliphatic carbocycles. The molecular formula is C27H27N3. The number of hydrogen-bond acceptors (Lipinski definition) is 2. The largest absolute Gasteiger partial charge is 0.341 e. The van der Waals surface area contributed by atoms with E-state index in [0.717, 1.165) is 24.3 Å². The third-order valence-corrected chi connectivity index (χ3v) is 5.34. The van der Waals surface area contributed by atoms with Gasteiger partial charge in [0.1, 0.15) is 0 Å². The zero-order valence-electron chi connectivity index (χ0n) is 17.3. The first-order valence-electron chi connectivity index (χ1n) is 10.3. The summed E-state index contributed by atoms with van der Waals surface area (Å²) in [6.07, 6.45) is 5.49. The van der Waals surface area contributed by atoms with E-state index >= 15 is 0 Å². The average molecular weight is 394 g/mol. The summed E-state index contributed by atoms with van der Waals surface area (Å²) in [5, 5.41) is 5.71. The first-order chi connectivity index (χ1) is 14.7. The van der Waals surface area contributed by atoms with Crippen molar-refractivity contribution in [3.63, 3.8) is 0 Å². The molecule has 0 saturated carbocycles. The Balaban J connectivity index is 0.000000147. The molecule has 30 heavy (non-hydrogen) atoms. The maximum absolute atomic E-state index is 5.95. The van der Waals surface area contributed by atoms with Crippen LogP contribution in [0.5, 0.6) is 0 Å². The van der Waals surface area contributed by atoms with E-state index in [-0.39, 0.29) is 0 Å². The predicted molar refractivity (Wildman–Crippen MR) is 129 cm³/mol. The summed E-state index contributed by atoms with van der Waals surface area (Å²) >= 11 is 0. The van der Waals surface area contributed by atoms with Crippen molar-refractivity contribution in [2.45, 2.75) is 19.9 Å². The second kappa shape index (κ2) is 8.85. The van der Waals surface area contributed by atoms with E-state index in [9.17, 15) is 0 Å². The molecule has 1 aliphatic rings. The Bertz CT molecular complexity index is 1230. The van der Waals surface area contributed by atoms with Gasteiger partial charge in [-0.3, -0.25) is 5.01 Å². The summed E-state index contributed by atoms with van der Waals surface area (Å²) in [6.45, 7) is 7.28. The summed E-state index contributed by atoms with van der Waals surface area (Å²) in [7, 11) is 0. The number of aryl methyl sites for hydroxylation is 1. The summed E-state index contributed by atoms with van der Waals surface area (Å²) < 4.78 is 2.38. The van der Waals surface area contributed by atoms with Crippen molar-refractivity contribution in [2.24, 2.45) is 5.84 Å². The van der Waals surface area contributed by atoms with Gasteiger partial charge in [0.05, 0.1) is 11.4 Å². The van der Waals surface area contributed by atoms with Gasteiger partial charge in [-0.25, -0.2) is 5.84 Å². The summed E-state index contributed by atoms with van der Waals surface area (Å²) in [5.74, 6) is 5.95. The molecule has 0 saturated heterocycles. The predicted octanol–water partition coefficient (Wildman–Crippen LogP) is 4.88. The lowest BCUT2D eigenvalue weighted by Gasteiger charge is -2.18. The van der Waals surface area contributed by atoms with E-state index < -0.39 is 0 Å². The van der Waals surface area contributed by atoms with Crippen LogP contribution in [-0.4, -0.2) is 4.57 Å². The van der Waals surface area contributed by atoms with Crippen LogP contribution in [0.3, 0.4) is 0 Å². The maximum Gasteiger partial charge on any atom is 0.0575 e. The fraction of sp³-hybridized carbons (Fsp3) is 0.111. The van der Waals surface area contributed by atoms with Crippen molar-refractivity contribution in [2.75, 3.05) is 5.01 Å². The molecule has 0 unspecified atom stereocenters. The Kier molecular flexibility index (Phi) is 5.82. The van der Waals surface area contributed by atoms with Crippen molar-refractivity contribution < 1.29 is 0 Å². The number of nitrogens with zero attached hydrogens (tertiary/aromatic N) is 2. The molecule has 1 heterocycles. The number of anilines is 2. The molecule has 1 aromatic heterocycles. The zero-order chi connectivity index (χ0) is 20.9. The topological polar surface area (TPSA) is 34.2 Å². The molecular weight excluding hydrogens is 366 g/mol. The van der Waals surface area contributed by atoms with Crippen LogP contribution in [0.4, 0.5) is 11.4 Å². The molecule has 150 valence electrons. The fourth-order valence-electron chi connectivity index (χ4n) is 3.88. The van der Waals surface area contributed by atoms with Gasteiger partial charge in [-0.1, -0.05) is 72.8 Å². The Hall–Kier alpha value is -3.56. The molecule has 0 atom stereocenters. The molecule has 2 N–H and O–H groups in total. The summed E-state index contributed by atoms with van der Waals surface area (Å²) in [5.41, 5.74) is 4.50. The van der Waals surface area contributed by atoms with Crippen LogP contribution in [0.15, 0.2) is 97.1 Å². The van der Waals surface area contributed by atoms with Crippen molar-refractivity contribution in [3.8, 4) is 0 Å². The number of aromatic nitrogens is 1. The molecule has 0 radical (unpaired) electrons. The fourth-order valence-corrected chi connectivity index (χ4v) is 3.88. The second-order valence-corrected chi connectivity index (χ2v) is 7.31. The van der Waals surface area contributed by atoms with Crippen LogP contribution in [0.1, 0.15) is 13.3 Å². The molecule has 3 heteroatoms. The highest BCUT2D eigenvalue weighted by molar-refractivity contribution is 5.84. The maximum atomic E-state index is 5.95. The van der Waals surface area contributed by atoms with Crippen LogP contribution in [0.25, 0.3) is 23.1 Å². The van der Waals surface area contributed by atoms with Gasteiger partial charge >= 0.3 is 0 Å². The van der Waals surface area contributed by atoms with Crippen molar-refractivity contribution in [3.05, 3.63) is 108 Å². The summed E-state index contributed by atoms with van der Waals surface area (Å²) in [6, 6.07) is 28.4. The van der Waals surface area contributed by atoms with E-state index in [0.29, 0.717) is 0 Å². The lowest BCUT2D eigenvalue weighted by molar-refractivity contribution is 0.768. The van der Waals surface area contributed by atoms with Gasteiger partial charge < -0.3 is 4.57 Å². The van der Waals surface area contributed by atoms with Crippen molar-refractivity contribution in [1.29, 1.82) is 0 Å². The number of para-hydroxylation sites is 3. The Labute approximate surface area is 177 Å². The van der Waals surface area contributed by atoms with Crippen molar-refractivity contribution in [1.82, 2.24) is 4.57 Å². The number of hydrogen-bond donors (Lipinski definition) is 1. The van der Waals surface area contributed by atoms with Gasteiger partial charge in [-0.05, 0) is 49.8 Å². The first kappa shape index (κ1) is 19.7. The smallest absolute Gasteiger partial charge is 0.0575 e. The van der Waals surface area contributed by atoms with Gasteiger partial charge in [-0.2, -0.15) is 0 Å². The highest BCUT2D eigenvalue weighted by Gasteiger charge is 2.08. The Morgan fingerprint density at radius 2 is 1.43 bits per heavy atom. The molecule has 3 aromatic carbocycles. The minimum absolute atomic E-state index is 0.976. The first-order valence-corrected chi connectivity index (χ1v) is 10.3. The number of nitrogens with two attached hydrogens (primary N) is 1. The highest BCUT2D eigenvalue weighted by atomic mass is 15.4. The molecule has 0 aliphatic heterocycles. The SMILES string of the molecule is C=C1C=c2c(n(CC)c3ccccc23)=CC1.NN(c1ccccc1)c1ccccc1. The number of rotatable bonds is 3. The quantitative estimate of drug-likeness (QED) is 0.398. The normalized spacial score (nSPS) is 12.3. The van der Waals surface area contributed by atoms with E-state index in [1.165, 1.54) is 27.0 Å². The third-order valence-electron chi connectivity index (χ3n) is 5.34. The highest BCUT2D eigenvalue weighted by Crippen LogP contribution is 2.20. The Morgan fingerprint density at radius 1 is 0.867 bits per heavy atom. The van der Waals surface area contributed by atoms with Gasteiger partial charge in [0.15, 0.2) is 0 Å². The lowest BCUT2D eigenvalue weighted by Crippen LogP contribution is -2.30. The second-order valence-electron chi connectivity index (χ2n) is 7.31. The zero-order valence-corrected chi connectivity index (χ0v) is 17.3. The van der Waals surface area contributed by atoms with Crippen LogP contribution >= 0.6 is 0 Å². The molecule has 5 rings (SSSR count). The molecule has 3 nitrogen and oxygen atoms in total. The molecule has 0 fully saturated rings. The van der Waals surface area contributed by atoms with E-state index in [1.54, 1.807) is 5.01 Å². The van der Waals surface area contributed by atoms with Crippen LogP contribution in [0, 0.1) is 0 Å². The van der Waals surface area contributed by atoms with E-state index in [1.807, 2.05) is 60.7 Å². The van der Waals surface area contributed by atoms with Gasteiger partial charge in [0.25, 0.3) is 0 Å². The van der Waals surface area contributed by atoms with Crippen LogP contribution in [0.2, 0.25) is 0 Å². The van der Waals surface area contributed by atoms with Gasteiger partial charge in [0.2, 0.25) is 0 Å². The Morgan fingerprint density at radius 3 is 2.03 bits per heavy atom. The average Bonchev–Trinajstić information content (AvgIpc) is 3.13. The van der Waals surface area contributed by atoms with Gasteiger partial charge in [-0.15, -0.1) is 0 Å². The minimum Gasteiger partial charge on any atom is -0.341 e. The molecule has 4 aromatic rings. The number of fused-ring (bicyclic) bond motifs is 3. The van der Waals surface area contributed by atoms with Crippen molar-refractivity contribution >= 4 is 34.4 Å². The van der Waals surface area contributed by atoms with Gasteiger partial charge in [0, 0.05) is 28.0 Å². The molecule has 0 amide bonds. The van der Waals surface area contributed by atoms with Crippen LogP contribution in [-0.2, 0) is 6.54 Å². The standard InChI is InChI=1S/C15H15N.C12H12N2/c1-3-16-14-7-5-4-6-12(14)13-10-11(2)8-9-15(13)16;13-14(11-7-3-1-4-8-11)12-9-5-2-6-10-12/h4-7,9-10H,2-3,8H2,1H3;1-10H,13H2. The van der Waals surface area contributed by atoms with E-state index in [4.69, 9.17) is 5.84 Å². The number of allylic oxidation sites excluding steroid dienone is 1. The third kappa shape index (κ3) is 3.93. The minimum atomic E-state index is 0.976. The van der Waals surface area contributed by atoms with E-state index in [2.05, 4.69) is 54.5 Å². The van der Waals surface area contributed by atoms with Crippen LogP contribution < -0.4 is 21.4 Å². The lowest BCUT2D eigenvalue weighted by atomic mass is 10.1. The summed E-state index contributed by atoms with van der Waals surface area (Å²) in [4.78, 5) is 0. The monoisotopic (exact) mass is 393 g/mol.